The predicted molar refractivity (Wildman–Crippen MR) is 67.7 cm³/mol. The zero-order valence-electron chi connectivity index (χ0n) is 10.7. The molecule has 18 heavy (non-hydrogen) atoms. The first-order chi connectivity index (χ1) is 8.47. The molecule has 2 rings (SSSR count). The van der Waals surface area contributed by atoms with Crippen molar-refractivity contribution < 1.29 is 18.3 Å². The third-order valence-corrected chi connectivity index (χ3v) is 6.18. The number of aliphatic carboxylic acids is 1. The average molecular weight is 275 g/mol. The summed E-state index contributed by atoms with van der Waals surface area (Å²) in [5.74, 6) is -0.660. The van der Waals surface area contributed by atoms with Crippen LogP contribution >= 0.6 is 0 Å². The molecule has 0 bridgehead atoms. The lowest BCUT2D eigenvalue weighted by atomic mass is 9.78. The molecule has 1 saturated carbocycles. The zero-order chi connectivity index (χ0) is 13.3. The number of hydrogen-bond acceptors (Lipinski definition) is 3. The fourth-order valence-corrected chi connectivity index (χ4v) is 4.94. The molecule has 1 N–H and O–H groups in total. The molecule has 2 aliphatic rings. The molecule has 1 aliphatic carbocycles. The molecule has 0 aromatic carbocycles. The van der Waals surface area contributed by atoms with Crippen molar-refractivity contribution in [3.63, 3.8) is 0 Å². The lowest BCUT2D eigenvalue weighted by Crippen LogP contribution is -2.57. The highest BCUT2D eigenvalue weighted by Gasteiger charge is 2.46. The molecular formula is C12H21NO4S. The Balaban J connectivity index is 2.33. The van der Waals surface area contributed by atoms with Crippen LogP contribution in [0.2, 0.25) is 0 Å². The molecule has 0 radical (unpaired) electrons. The summed E-state index contributed by atoms with van der Waals surface area (Å²) in [7, 11) is -3.43. The van der Waals surface area contributed by atoms with Crippen LogP contribution in [0.5, 0.6) is 0 Å². The Morgan fingerprint density at radius 2 is 1.89 bits per heavy atom. The maximum absolute atomic E-state index is 12.2. The SMILES string of the molecule is CCS(=O)(=O)N1C(C(=O)O)CCC2CCCCC21. The summed E-state index contributed by atoms with van der Waals surface area (Å²) in [5, 5.41) is 9.25. The maximum Gasteiger partial charge on any atom is 0.322 e. The normalized spacial score (nSPS) is 33.9. The number of hydrogen-bond donors (Lipinski definition) is 1. The maximum atomic E-state index is 12.2. The molecule has 0 spiro atoms. The number of carbonyl (C=O) groups is 1. The second-order valence-corrected chi connectivity index (χ2v) is 7.44. The van der Waals surface area contributed by atoms with Gasteiger partial charge in [-0.3, -0.25) is 4.79 Å². The van der Waals surface area contributed by atoms with Crippen molar-refractivity contribution in [2.45, 2.75) is 57.5 Å². The van der Waals surface area contributed by atoms with Crippen LogP contribution in [-0.2, 0) is 14.8 Å². The largest absolute Gasteiger partial charge is 0.480 e. The van der Waals surface area contributed by atoms with Gasteiger partial charge in [0.05, 0.1) is 5.75 Å². The summed E-state index contributed by atoms with van der Waals surface area (Å²) >= 11 is 0. The molecule has 5 nitrogen and oxygen atoms in total. The summed E-state index contributed by atoms with van der Waals surface area (Å²) in [6.07, 6.45) is 5.29. The summed E-state index contributed by atoms with van der Waals surface area (Å²) in [5.41, 5.74) is 0. The van der Waals surface area contributed by atoms with E-state index in [-0.39, 0.29) is 11.8 Å². The topological polar surface area (TPSA) is 74.7 Å². The van der Waals surface area contributed by atoms with Crippen molar-refractivity contribution in [1.29, 1.82) is 0 Å². The van der Waals surface area contributed by atoms with E-state index in [9.17, 15) is 18.3 Å². The lowest BCUT2D eigenvalue weighted by molar-refractivity contribution is -0.144. The minimum Gasteiger partial charge on any atom is -0.480 e. The van der Waals surface area contributed by atoms with E-state index in [2.05, 4.69) is 0 Å². The summed E-state index contributed by atoms with van der Waals surface area (Å²) in [4.78, 5) is 11.3. The van der Waals surface area contributed by atoms with Crippen molar-refractivity contribution in [1.82, 2.24) is 4.31 Å². The molecule has 0 amide bonds. The first-order valence-electron chi connectivity index (χ1n) is 6.71. The van der Waals surface area contributed by atoms with Crippen molar-refractivity contribution in [3.8, 4) is 0 Å². The van der Waals surface area contributed by atoms with Crippen LogP contribution < -0.4 is 0 Å². The molecule has 3 atom stereocenters. The van der Waals surface area contributed by atoms with Crippen LogP contribution in [0.25, 0.3) is 0 Å². The Bertz CT molecular complexity index is 420. The molecule has 3 unspecified atom stereocenters. The quantitative estimate of drug-likeness (QED) is 0.845. The van der Waals surface area contributed by atoms with E-state index in [0.29, 0.717) is 12.3 Å². The van der Waals surface area contributed by atoms with Gasteiger partial charge in [0, 0.05) is 6.04 Å². The van der Waals surface area contributed by atoms with Gasteiger partial charge in [-0.15, -0.1) is 0 Å². The second-order valence-electron chi connectivity index (χ2n) is 5.27. The van der Waals surface area contributed by atoms with Gasteiger partial charge in [-0.2, -0.15) is 4.31 Å². The highest BCUT2D eigenvalue weighted by Crippen LogP contribution is 2.39. The molecule has 1 aliphatic heterocycles. The Morgan fingerprint density at radius 3 is 2.50 bits per heavy atom. The Labute approximate surface area is 108 Å². The predicted octanol–water partition coefficient (Wildman–Crippen LogP) is 1.44. The summed E-state index contributed by atoms with van der Waals surface area (Å²) in [6, 6.07) is -0.937. The van der Waals surface area contributed by atoms with E-state index >= 15 is 0 Å². The van der Waals surface area contributed by atoms with Crippen LogP contribution in [0, 0.1) is 5.92 Å². The third-order valence-electron chi connectivity index (χ3n) is 4.28. The van der Waals surface area contributed by atoms with Gasteiger partial charge in [0.2, 0.25) is 10.0 Å². The van der Waals surface area contributed by atoms with Gasteiger partial charge in [-0.05, 0) is 38.5 Å². The monoisotopic (exact) mass is 275 g/mol. The second kappa shape index (κ2) is 5.17. The van der Waals surface area contributed by atoms with Crippen LogP contribution in [0.4, 0.5) is 0 Å². The van der Waals surface area contributed by atoms with Crippen molar-refractivity contribution in [2.75, 3.05) is 5.75 Å². The first kappa shape index (κ1) is 13.8. The minimum absolute atomic E-state index is 0.0139. The van der Waals surface area contributed by atoms with E-state index in [1.54, 1.807) is 6.92 Å². The van der Waals surface area contributed by atoms with E-state index in [0.717, 1.165) is 32.1 Å². The number of fused-ring (bicyclic) bond motifs is 1. The van der Waals surface area contributed by atoms with Crippen LogP contribution in [0.15, 0.2) is 0 Å². The minimum atomic E-state index is -3.43. The third kappa shape index (κ3) is 2.40. The highest BCUT2D eigenvalue weighted by molar-refractivity contribution is 7.89. The van der Waals surface area contributed by atoms with Gasteiger partial charge >= 0.3 is 5.97 Å². The van der Waals surface area contributed by atoms with Gasteiger partial charge in [-0.1, -0.05) is 12.8 Å². The molecule has 0 aromatic heterocycles. The average Bonchev–Trinajstić information content (AvgIpc) is 2.37. The van der Waals surface area contributed by atoms with Crippen molar-refractivity contribution in [3.05, 3.63) is 0 Å². The van der Waals surface area contributed by atoms with Crippen LogP contribution in [-0.4, -0.2) is 41.6 Å². The van der Waals surface area contributed by atoms with Gasteiger partial charge < -0.3 is 5.11 Å². The molecule has 2 fully saturated rings. The van der Waals surface area contributed by atoms with Gasteiger partial charge in [-0.25, -0.2) is 8.42 Å². The van der Waals surface area contributed by atoms with Crippen LogP contribution in [0.1, 0.15) is 45.4 Å². The summed E-state index contributed by atoms with van der Waals surface area (Å²) < 4.78 is 25.7. The lowest BCUT2D eigenvalue weighted by Gasteiger charge is -2.45. The smallest absolute Gasteiger partial charge is 0.322 e. The number of sulfonamides is 1. The number of carboxylic acid groups (broad SMARTS) is 1. The molecule has 104 valence electrons. The number of nitrogens with zero attached hydrogens (tertiary/aromatic N) is 1. The number of piperidine rings is 1. The first-order valence-corrected chi connectivity index (χ1v) is 8.32. The van der Waals surface area contributed by atoms with E-state index in [4.69, 9.17) is 0 Å². The fraction of sp³-hybridized carbons (Fsp3) is 0.917. The Kier molecular flexibility index (Phi) is 3.96. The molecular weight excluding hydrogens is 254 g/mol. The van der Waals surface area contributed by atoms with Gasteiger partial charge in [0.15, 0.2) is 0 Å². The highest BCUT2D eigenvalue weighted by atomic mass is 32.2. The van der Waals surface area contributed by atoms with E-state index in [1.165, 1.54) is 4.31 Å². The Hall–Kier alpha value is -0.620. The summed E-state index contributed by atoms with van der Waals surface area (Å²) in [6.45, 7) is 1.58. The number of carboxylic acids is 1. The van der Waals surface area contributed by atoms with E-state index < -0.39 is 22.0 Å². The van der Waals surface area contributed by atoms with Crippen LogP contribution in [0.3, 0.4) is 0 Å². The Morgan fingerprint density at radius 1 is 1.22 bits per heavy atom. The van der Waals surface area contributed by atoms with Gasteiger partial charge in [0.25, 0.3) is 0 Å². The molecule has 0 aromatic rings. The standard InChI is InChI=1S/C12H21NO4S/c1-2-18(16,17)13-10-6-4-3-5-9(10)7-8-11(13)12(14)15/h9-11H,2-8H2,1H3,(H,14,15). The van der Waals surface area contributed by atoms with Gasteiger partial charge in [0.1, 0.15) is 6.04 Å². The molecule has 1 heterocycles. The fourth-order valence-electron chi connectivity index (χ4n) is 3.37. The zero-order valence-corrected chi connectivity index (χ0v) is 11.5. The molecule has 6 heteroatoms. The van der Waals surface area contributed by atoms with Crippen molar-refractivity contribution >= 4 is 16.0 Å². The molecule has 1 saturated heterocycles. The van der Waals surface area contributed by atoms with E-state index in [1.807, 2.05) is 0 Å². The number of rotatable bonds is 3. The van der Waals surface area contributed by atoms with Crippen molar-refractivity contribution in [2.24, 2.45) is 5.92 Å².